The molecule has 0 amide bonds. The standard InChI is InChI=1S/C11H18N2O3/c1-11(2,3)9-5-7(13(4)12-9)8(14)6-10(15)16/h5,8,14H,6H2,1-4H3,(H,15,16)/t8-/m1/s1. The quantitative estimate of drug-likeness (QED) is 0.812. The van der Waals surface area contributed by atoms with Gasteiger partial charge in [-0.3, -0.25) is 9.48 Å². The molecule has 0 fully saturated rings. The van der Waals surface area contributed by atoms with Crippen molar-refractivity contribution < 1.29 is 15.0 Å². The van der Waals surface area contributed by atoms with Crippen LogP contribution in [0.15, 0.2) is 6.07 Å². The Morgan fingerprint density at radius 2 is 2.12 bits per heavy atom. The number of carboxylic acids is 1. The molecule has 1 atom stereocenters. The Balaban J connectivity index is 2.98. The van der Waals surface area contributed by atoms with Gasteiger partial charge in [0.15, 0.2) is 0 Å². The predicted molar refractivity (Wildman–Crippen MR) is 59.1 cm³/mol. The van der Waals surface area contributed by atoms with E-state index in [1.54, 1.807) is 13.1 Å². The number of carbonyl (C=O) groups is 1. The van der Waals surface area contributed by atoms with E-state index in [1.807, 2.05) is 20.8 Å². The zero-order chi connectivity index (χ0) is 12.5. The van der Waals surface area contributed by atoms with Crippen LogP contribution in [0.2, 0.25) is 0 Å². The average Bonchev–Trinajstić information content (AvgIpc) is 2.44. The Labute approximate surface area is 94.7 Å². The maximum Gasteiger partial charge on any atom is 0.306 e. The molecular formula is C11H18N2O3. The monoisotopic (exact) mass is 226 g/mol. The highest BCUT2D eigenvalue weighted by atomic mass is 16.4. The fourth-order valence-corrected chi connectivity index (χ4v) is 1.43. The molecule has 1 aromatic heterocycles. The van der Waals surface area contributed by atoms with Gasteiger partial charge in [-0.1, -0.05) is 20.8 Å². The summed E-state index contributed by atoms with van der Waals surface area (Å²) >= 11 is 0. The van der Waals surface area contributed by atoms with E-state index in [1.165, 1.54) is 4.68 Å². The van der Waals surface area contributed by atoms with Gasteiger partial charge in [0, 0.05) is 12.5 Å². The zero-order valence-corrected chi connectivity index (χ0v) is 10.1. The van der Waals surface area contributed by atoms with E-state index in [4.69, 9.17) is 5.11 Å². The van der Waals surface area contributed by atoms with Gasteiger partial charge in [-0.25, -0.2) is 0 Å². The Kier molecular flexibility index (Phi) is 3.38. The van der Waals surface area contributed by atoms with Crippen molar-refractivity contribution in [1.29, 1.82) is 0 Å². The van der Waals surface area contributed by atoms with Crippen LogP contribution in [0.5, 0.6) is 0 Å². The lowest BCUT2D eigenvalue weighted by Crippen LogP contribution is -2.12. The number of aromatic nitrogens is 2. The van der Waals surface area contributed by atoms with Crippen molar-refractivity contribution in [3.8, 4) is 0 Å². The SMILES string of the molecule is Cn1nc(C(C)(C)C)cc1[C@H](O)CC(=O)O. The van der Waals surface area contributed by atoms with Crippen LogP contribution in [0.3, 0.4) is 0 Å². The largest absolute Gasteiger partial charge is 0.481 e. The van der Waals surface area contributed by atoms with Gasteiger partial charge in [-0.05, 0) is 6.07 Å². The summed E-state index contributed by atoms with van der Waals surface area (Å²) in [5.41, 5.74) is 1.26. The van der Waals surface area contributed by atoms with Crippen LogP contribution >= 0.6 is 0 Å². The summed E-state index contributed by atoms with van der Waals surface area (Å²) in [6, 6.07) is 1.76. The first-order valence-corrected chi connectivity index (χ1v) is 5.16. The number of nitrogens with zero attached hydrogens (tertiary/aromatic N) is 2. The molecule has 0 unspecified atom stereocenters. The molecule has 5 heteroatoms. The smallest absolute Gasteiger partial charge is 0.306 e. The third kappa shape index (κ3) is 2.82. The van der Waals surface area contributed by atoms with Crippen LogP contribution in [-0.4, -0.2) is 26.0 Å². The Hall–Kier alpha value is -1.36. The highest BCUT2D eigenvalue weighted by molar-refractivity contribution is 5.67. The van der Waals surface area contributed by atoms with Gasteiger partial charge < -0.3 is 10.2 Å². The van der Waals surface area contributed by atoms with Gasteiger partial charge in [-0.15, -0.1) is 0 Å². The van der Waals surface area contributed by atoms with Crippen LogP contribution in [0, 0.1) is 0 Å². The minimum absolute atomic E-state index is 0.112. The molecule has 1 heterocycles. The maximum atomic E-state index is 10.5. The van der Waals surface area contributed by atoms with Crippen LogP contribution in [0.25, 0.3) is 0 Å². The fraction of sp³-hybridized carbons (Fsp3) is 0.636. The van der Waals surface area contributed by atoms with Gasteiger partial charge >= 0.3 is 5.97 Å². The zero-order valence-electron chi connectivity index (χ0n) is 10.1. The summed E-state index contributed by atoms with van der Waals surface area (Å²) < 4.78 is 1.54. The minimum Gasteiger partial charge on any atom is -0.481 e. The molecule has 0 aromatic carbocycles. The van der Waals surface area contributed by atoms with Crippen molar-refractivity contribution in [2.75, 3.05) is 0 Å². The van der Waals surface area contributed by atoms with E-state index < -0.39 is 12.1 Å². The van der Waals surface area contributed by atoms with Gasteiger partial charge in [0.25, 0.3) is 0 Å². The molecule has 5 nitrogen and oxygen atoms in total. The number of rotatable bonds is 3. The van der Waals surface area contributed by atoms with Crippen molar-refractivity contribution in [3.63, 3.8) is 0 Å². The molecule has 90 valence electrons. The Bertz CT molecular complexity index is 390. The summed E-state index contributed by atoms with van der Waals surface area (Å²) in [6.45, 7) is 6.05. The molecule has 0 aliphatic carbocycles. The number of aliphatic carboxylic acids is 1. The second kappa shape index (κ2) is 4.25. The first-order valence-electron chi connectivity index (χ1n) is 5.16. The Morgan fingerprint density at radius 1 is 1.56 bits per heavy atom. The summed E-state index contributed by atoms with van der Waals surface area (Å²) in [5, 5.41) is 22.6. The van der Waals surface area contributed by atoms with E-state index in [9.17, 15) is 9.90 Å². The van der Waals surface area contributed by atoms with Crippen molar-refractivity contribution >= 4 is 5.97 Å². The molecule has 1 aromatic rings. The van der Waals surface area contributed by atoms with E-state index in [0.29, 0.717) is 5.69 Å². The number of hydrogen-bond donors (Lipinski definition) is 2. The average molecular weight is 226 g/mol. The lowest BCUT2D eigenvalue weighted by Gasteiger charge is -2.13. The molecular weight excluding hydrogens is 208 g/mol. The summed E-state index contributed by atoms with van der Waals surface area (Å²) in [7, 11) is 1.70. The second-order valence-corrected chi connectivity index (χ2v) is 4.94. The first kappa shape index (κ1) is 12.7. The Morgan fingerprint density at radius 3 is 2.50 bits per heavy atom. The highest BCUT2D eigenvalue weighted by Crippen LogP contribution is 2.25. The van der Waals surface area contributed by atoms with Gasteiger partial charge in [0.2, 0.25) is 0 Å². The fourth-order valence-electron chi connectivity index (χ4n) is 1.43. The van der Waals surface area contributed by atoms with Gasteiger partial charge in [0.1, 0.15) is 6.10 Å². The third-order valence-corrected chi connectivity index (χ3v) is 2.39. The molecule has 0 radical (unpaired) electrons. The summed E-state index contributed by atoms with van der Waals surface area (Å²) in [5.74, 6) is -1.02. The number of aliphatic hydroxyl groups is 1. The molecule has 2 N–H and O–H groups in total. The molecule has 0 saturated carbocycles. The molecule has 0 aliphatic rings. The maximum absolute atomic E-state index is 10.5. The van der Waals surface area contributed by atoms with Crippen molar-refractivity contribution in [3.05, 3.63) is 17.5 Å². The van der Waals surface area contributed by atoms with Crippen LogP contribution in [0.1, 0.15) is 44.7 Å². The van der Waals surface area contributed by atoms with Crippen LogP contribution < -0.4 is 0 Å². The van der Waals surface area contributed by atoms with E-state index >= 15 is 0 Å². The number of aryl methyl sites for hydroxylation is 1. The number of hydrogen-bond acceptors (Lipinski definition) is 3. The summed E-state index contributed by atoms with van der Waals surface area (Å²) in [6.07, 6.45) is -1.31. The van der Waals surface area contributed by atoms with E-state index in [-0.39, 0.29) is 11.8 Å². The third-order valence-electron chi connectivity index (χ3n) is 2.39. The van der Waals surface area contributed by atoms with Crippen molar-refractivity contribution in [2.24, 2.45) is 7.05 Å². The molecule has 16 heavy (non-hydrogen) atoms. The highest BCUT2D eigenvalue weighted by Gasteiger charge is 2.22. The van der Waals surface area contributed by atoms with Crippen molar-refractivity contribution in [1.82, 2.24) is 9.78 Å². The van der Waals surface area contributed by atoms with Crippen molar-refractivity contribution in [2.45, 2.75) is 38.7 Å². The lowest BCUT2D eigenvalue weighted by molar-refractivity contribution is -0.139. The molecule has 1 rings (SSSR count). The van der Waals surface area contributed by atoms with Crippen LogP contribution in [-0.2, 0) is 17.3 Å². The van der Waals surface area contributed by atoms with E-state index in [2.05, 4.69) is 5.10 Å². The molecule has 0 bridgehead atoms. The molecule has 0 aliphatic heterocycles. The second-order valence-electron chi connectivity index (χ2n) is 4.94. The number of aliphatic hydroxyl groups excluding tert-OH is 1. The van der Waals surface area contributed by atoms with E-state index in [0.717, 1.165) is 5.69 Å². The summed E-state index contributed by atoms with van der Waals surface area (Å²) in [4.78, 5) is 10.5. The minimum atomic E-state index is -1.02. The lowest BCUT2D eigenvalue weighted by atomic mass is 9.92. The molecule has 0 spiro atoms. The van der Waals surface area contributed by atoms with Crippen LogP contribution in [0.4, 0.5) is 0 Å². The van der Waals surface area contributed by atoms with Gasteiger partial charge in [0.05, 0.1) is 17.8 Å². The topological polar surface area (TPSA) is 75.3 Å². The van der Waals surface area contributed by atoms with Gasteiger partial charge in [-0.2, -0.15) is 5.10 Å². The number of carboxylic acid groups (broad SMARTS) is 1. The first-order chi connectivity index (χ1) is 7.21. The molecule has 0 saturated heterocycles. The predicted octanol–water partition coefficient (Wildman–Crippen LogP) is 1.23. The normalized spacial score (nSPS) is 13.8.